The molecular weight excluding hydrogens is 448 g/mol. The number of tetrazole rings is 1. The van der Waals surface area contributed by atoms with Gasteiger partial charge < -0.3 is 0 Å². The number of nitrogens with zero attached hydrogens (tertiary/aromatic N) is 6. The molecule has 1 aliphatic rings. The highest BCUT2D eigenvalue weighted by Gasteiger charge is 2.29. The topological polar surface area (TPSA) is 124 Å². The molecule has 3 aromatic rings. The van der Waals surface area contributed by atoms with Crippen LogP contribution in [0.25, 0.3) is 0 Å². The van der Waals surface area contributed by atoms with Crippen molar-refractivity contribution in [3.63, 3.8) is 0 Å². The van der Waals surface area contributed by atoms with E-state index in [1.807, 2.05) is 17.5 Å². The van der Waals surface area contributed by atoms with E-state index in [1.54, 1.807) is 16.0 Å². The normalized spacial score (nSPS) is 15.3. The van der Waals surface area contributed by atoms with Crippen molar-refractivity contribution in [2.45, 2.75) is 40.8 Å². The Morgan fingerprint density at radius 3 is 2.70 bits per heavy atom. The molecule has 0 amide bonds. The van der Waals surface area contributed by atoms with Crippen LogP contribution in [-0.4, -0.2) is 50.9 Å². The zero-order valence-corrected chi connectivity index (χ0v) is 18.2. The summed E-state index contributed by atoms with van der Waals surface area (Å²) in [6.45, 7) is 1.32. The van der Waals surface area contributed by atoms with Gasteiger partial charge in [0.05, 0.1) is 21.3 Å². The van der Waals surface area contributed by atoms with Crippen molar-refractivity contribution in [2.24, 2.45) is 0 Å². The highest BCUT2D eigenvalue weighted by molar-refractivity contribution is 7.99. The van der Waals surface area contributed by atoms with E-state index in [1.165, 1.54) is 16.4 Å². The molecule has 1 aromatic carbocycles. The third-order valence-electron chi connectivity index (χ3n) is 4.67. The molecule has 1 aliphatic heterocycles. The first-order valence-electron chi connectivity index (χ1n) is 9.20. The fraction of sp³-hybridized carbons (Fsp3) is 0.353. The maximum absolute atomic E-state index is 12.9. The van der Waals surface area contributed by atoms with Crippen LogP contribution in [0.15, 0.2) is 50.7 Å². The molecule has 0 saturated carbocycles. The highest BCUT2D eigenvalue weighted by Crippen LogP contribution is 2.36. The van der Waals surface area contributed by atoms with Gasteiger partial charge in [-0.15, -0.1) is 16.4 Å². The summed E-state index contributed by atoms with van der Waals surface area (Å²) in [6.07, 6.45) is 2.58. The Labute approximate surface area is 181 Å². The first-order chi connectivity index (χ1) is 14.4. The van der Waals surface area contributed by atoms with Crippen molar-refractivity contribution in [3.8, 4) is 0 Å². The molecule has 0 N–H and O–H groups in total. The van der Waals surface area contributed by atoms with Gasteiger partial charge in [-0.3, -0.25) is 10.1 Å². The molecule has 13 heteroatoms. The molecule has 2 aromatic heterocycles. The molecule has 1 fully saturated rings. The van der Waals surface area contributed by atoms with Gasteiger partial charge in [0.25, 0.3) is 5.69 Å². The van der Waals surface area contributed by atoms with Crippen LogP contribution in [0.2, 0.25) is 0 Å². The Bertz CT molecular complexity index is 1140. The Hall–Kier alpha value is -2.35. The van der Waals surface area contributed by atoms with Gasteiger partial charge in [0.2, 0.25) is 15.2 Å². The average Bonchev–Trinajstić information content (AvgIpc) is 3.41. The molecule has 0 unspecified atom stereocenters. The number of sulfonamides is 1. The SMILES string of the molecule is O=[N+]([O-])c1cc(S(=O)(=O)N2CCCCC2)ccc1Sc1nnnn1Cc1cccs1. The lowest BCUT2D eigenvalue weighted by atomic mass is 10.2. The van der Waals surface area contributed by atoms with E-state index in [0.717, 1.165) is 42.0 Å². The second kappa shape index (κ2) is 8.79. The molecule has 0 atom stereocenters. The number of benzene rings is 1. The second-order valence-corrected chi connectivity index (χ2v) is 10.6. The molecule has 4 rings (SSSR count). The van der Waals surface area contributed by atoms with Gasteiger partial charge in [0.1, 0.15) is 0 Å². The van der Waals surface area contributed by atoms with Crippen LogP contribution in [0.1, 0.15) is 24.1 Å². The number of hydrogen-bond donors (Lipinski definition) is 0. The second-order valence-electron chi connectivity index (χ2n) is 6.65. The van der Waals surface area contributed by atoms with Crippen LogP contribution in [0.4, 0.5) is 5.69 Å². The molecule has 158 valence electrons. The summed E-state index contributed by atoms with van der Waals surface area (Å²) in [7, 11) is -3.76. The van der Waals surface area contributed by atoms with Crippen molar-refractivity contribution < 1.29 is 13.3 Å². The van der Waals surface area contributed by atoms with Crippen LogP contribution >= 0.6 is 23.1 Å². The lowest BCUT2D eigenvalue weighted by molar-refractivity contribution is -0.388. The first kappa shape index (κ1) is 20.9. The maximum atomic E-state index is 12.9. The van der Waals surface area contributed by atoms with Crippen LogP contribution in [0, 0.1) is 10.1 Å². The van der Waals surface area contributed by atoms with E-state index in [-0.39, 0.29) is 15.5 Å². The Kier molecular flexibility index (Phi) is 6.13. The molecular formula is C17H18N6O4S3. The van der Waals surface area contributed by atoms with Crippen LogP contribution in [0.3, 0.4) is 0 Å². The van der Waals surface area contributed by atoms with Gasteiger partial charge in [-0.05, 0) is 58.6 Å². The number of thiophene rings is 1. The number of hydrogen-bond acceptors (Lipinski definition) is 9. The summed E-state index contributed by atoms with van der Waals surface area (Å²) in [4.78, 5) is 12.3. The van der Waals surface area contributed by atoms with Crippen LogP contribution < -0.4 is 0 Å². The first-order valence-corrected chi connectivity index (χ1v) is 12.3. The van der Waals surface area contributed by atoms with Crippen molar-refractivity contribution in [1.29, 1.82) is 0 Å². The van der Waals surface area contributed by atoms with Gasteiger partial charge in [0, 0.05) is 24.0 Å². The minimum Gasteiger partial charge on any atom is -0.258 e. The van der Waals surface area contributed by atoms with E-state index < -0.39 is 14.9 Å². The Morgan fingerprint density at radius 1 is 1.20 bits per heavy atom. The molecule has 10 nitrogen and oxygen atoms in total. The summed E-state index contributed by atoms with van der Waals surface area (Å²) in [5.41, 5.74) is -0.288. The largest absolute Gasteiger partial charge is 0.284 e. The molecule has 3 heterocycles. The average molecular weight is 467 g/mol. The molecule has 0 bridgehead atoms. The van der Waals surface area contributed by atoms with E-state index >= 15 is 0 Å². The quantitative estimate of drug-likeness (QED) is 0.384. The van der Waals surface area contributed by atoms with Crippen molar-refractivity contribution in [2.75, 3.05) is 13.1 Å². The number of nitro groups is 1. The predicted molar refractivity (Wildman–Crippen MR) is 111 cm³/mol. The highest BCUT2D eigenvalue weighted by atomic mass is 32.2. The summed E-state index contributed by atoms with van der Waals surface area (Å²) in [5, 5.41) is 25.6. The number of nitro benzene ring substituents is 1. The Balaban J connectivity index is 1.62. The van der Waals surface area contributed by atoms with Gasteiger partial charge in [-0.1, -0.05) is 12.5 Å². The third-order valence-corrected chi connectivity index (χ3v) is 8.46. The lowest BCUT2D eigenvalue weighted by Gasteiger charge is -2.25. The minimum absolute atomic E-state index is 0.0707. The van der Waals surface area contributed by atoms with Crippen molar-refractivity contribution in [3.05, 3.63) is 50.7 Å². The summed E-state index contributed by atoms with van der Waals surface area (Å²) >= 11 is 2.59. The zero-order valence-electron chi connectivity index (χ0n) is 15.7. The van der Waals surface area contributed by atoms with E-state index in [4.69, 9.17) is 0 Å². The van der Waals surface area contributed by atoms with Crippen molar-refractivity contribution >= 4 is 38.8 Å². The number of rotatable bonds is 7. The monoisotopic (exact) mass is 466 g/mol. The van der Waals surface area contributed by atoms with Gasteiger partial charge in [0.15, 0.2) is 0 Å². The van der Waals surface area contributed by atoms with Gasteiger partial charge in [-0.25, -0.2) is 13.1 Å². The summed E-state index contributed by atoms with van der Waals surface area (Å²) < 4.78 is 28.7. The van der Waals surface area contributed by atoms with Crippen molar-refractivity contribution in [1.82, 2.24) is 24.5 Å². The minimum atomic E-state index is -3.76. The lowest BCUT2D eigenvalue weighted by Crippen LogP contribution is -2.35. The van der Waals surface area contributed by atoms with Crippen LogP contribution in [-0.2, 0) is 16.6 Å². The summed E-state index contributed by atoms with van der Waals surface area (Å²) in [5.74, 6) is 0. The van der Waals surface area contributed by atoms with E-state index in [0.29, 0.717) is 24.8 Å². The smallest absolute Gasteiger partial charge is 0.258 e. The maximum Gasteiger partial charge on any atom is 0.284 e. The van der Waals surface area contributed by atoms with Gasteiger partial charge in [-0.2, -0.15) is 4.31 Å². The number of piperidine rings is 1. The fourth-order valence-corrected chi connectivity index (χ4v) is 6.24. The molecule has 0 spiro atoms. The molecule has 1 saturated heterocycles. The standard InChI is InChI=1S/C17H18N6O4S3/c24-23(25)15-11-14(30(26,27)21-8-2-1-3-9-21)6-7-16(15)29-17-18-19-20-22(17)12-13-5-4-10-28-13/h4-7,10-11H,1-3,8-9,12H2. The van der Waals surface area contributed by atoms with Crippen LogP contribution in [0.5, 0.6) is 0 Å². The fourth-order valence-electron chi connectivity index (χ4n) is 3.16. The zero-order chi connectivity index (χ0) is 21.1. The molecule has 30 heavy (non-hydrogen) atoms. The van der Waals surface area contributed by atoms with E-state index in [9.17, 15) is 18.5 Å². The number of aromatic nitrogens is 4. The summed E-state index contributed by atoms with van der Waals surface area (Å²) in [6, 6.07) is 7.85. The third kappa shape index (κ3) is 4.38. The molecule has 0 radical (unpaired) electrons. The molecule has 0 aliphatic carbocycles. The van der Waals surface area contributed by atoms with E-state index in [2.05, 4.69) is 15.5 Å². The Morgan fingerprint density at radius 2 is 2.00 bits per heavy atom. The van der Waals surface area contributed by atoms with Gasteiger partial charge >= 0.3 is 0 Å². The predicted octanol–water partition coefficient (Wildman–Crippen LogP) is 3.02.